The molecule has 1 aliphatic rings. The maximum Gasteiger partial charge on any atom is 0.315 e. The van der Waals surface area contributed by atoms with E-state index in [0.29, 0.717) is 25.3 Å². The van der Waals surface area contributed by atoms with E-state index in [4.69, 9.17) is 4.74 Å². The summed E-state index contributed by atoms with van der Waals surface area (Å²) in [4.78, 5) is 23.0. The van der Waals surface area contributed by atoms with Crippen LogP contribution in [0, 0.1) is 15.9 Å². The maximum absolute atomic E-state index is 14.3. The van der Waals surface area contributed by atoms with Crippen molar-refractivity contribution in [2.75, 3.05) is 19.7 Å². The highest BCUT2D eigenvalue weighted by Crippen LogP contribution is 2.30. The molecule has 6 nitrogen and oxygen atoms in total. The summed E-state index contributed by atoms with van der Waals surface area (Å²) in [7, 11) is 0. The van der Waals surface area contributed by atoms with Crippen LogP contribution in [0.1, 0.15) is 27.6 Å². The van der Waals surface area contributed by atoms with Gasteiger partial charge in [0.05, 0.1) is 17.6 Å². The highest BCUT2D eigenvalue weighted by Gasteiger charge is 2.29. The zero-order valence-corrected chi connectivity index (χ0v) is 12.7. The van der Waals surface area contributed by atoms with Crippen molar-refractivity contribution in [3.8, 4) is 0 Å². The Morgan fingerprint density at radius 1 is 1.29 bits per heavy atom. The van der Waals surface area contributed by atoms with E-state index in [-0.39, 0.29) is 11.1 Å². The fourth-order valence-corrected chi connectivity index (χ4v) is 2.69. The van der Waals surface area contributed by atoms with Crippen LogP contribution in [-0.4, -0.2) is 30.4 Å². The van der Waals surface area contributed by atoms with E-state index in [1.807, 2.05) is 0 Å². The number of carbonyl (C=O) groups excluding carboxylic acids is 1. The molecular weight excluding hydrogens is 315 g/mol. The van der Waals surface area contributed by atoms with Crippen LogP contribution in [0.5, 0.6) is 0 Å². The standard InChI is InChI=1S/C17H15FN2O4/c18-14-9-12(15-10-19-6-7-24-15)8-13(16(14)20(22)23)17(21)11-4-2-1-3-5-11/h1-5,8-9,15,19H,6-7,10H2. The fourth-order valence-electron chi connectivity index (χ4n) is 2.69. The van der Waals surface area contributed by atoms with Gasteiger partial charge in [-0.2, -0.15) is 4.39 Å². The van der Waals surface area contributed by atoms with Crippen LogP contribution in [0.15, 0.2) is 42.5 Å². The van der Waals surface area contributed by atoms with Crippen LogP contribution < -0.4 is 5.32 Å². The van der Waals surface area contributed by atoms with Gasteiger partial charge in [-0.1, -0.05) is 30.3 Å². The van der Waals surface area contributed by atoms with E-state index in [1.165, 1.54) is 18.2 Å². The number of hydrogen-bond acceptors (Lipinski definition) is 5. The van der Waals surface area contributed by atoms with Crippen LogP contribution in [0.4, 0.5) is 10.1 Å². The Hall–Kier alpha value is -2.64. The molecule has 0 saturated carbocycles. The van der Waals surface area contributed by atoms with Gasteiger partial charge in [0.1, 0.15) is 5.56 Å². The average molecular weight is 330 g/mol. The Balaban J connectivity index is 2.09. The minimum atomic E-state index is -1.04. The van der Waals surface area contributed by atoms with E-state index in [2.05, 4.69) is 5.32 Å². The molecule has 1 unspecified atom stereocenters. The number of benzene rings is 2. The van der Waals surface area contributed by atoms with Crippen LogP contribution in [0.25, 0.3) is 0 Å². The number of morpholine rings is 1. The predicted octanol–water partition coefficient (Wildman–Crippen LogP) is 2.63. The van der Waals surface area contributed by atoms with Crippen LogP contribution in [0.2, 0.25) is 0 Å². The summed E-state index contributed by atoms with van der Waals surface area (Å²) in [6, 6.07) is 10.5. The lowest BCUT2D eigenvalue weighted by atomic mass is 9.97. The van der Waals surface area contributed by atoms with Crippen molar-refractivity contribution in [2.24, 2.45) is 0 Å². The summed E-state index contributed by atoms with van der Waals surface area (Å²) in [6.07, 6.45) is -0.448. The zero-order valence-electron chi connectivity index (χ0n) is 12.7. The Morgan fingerprint density at radius 3 is 2.67 bits per heavy atom. The number of rotatable bonds is 4. The summed E-state index contributed by atoms with van der Waals surface area (Å²) >= 11 is 0. The van der Waals surface area contributed by atoms with E-state index < -0.39 is 28.3 Å². The third-order valence-electron chi connectivity index (χ3n) is 3.85. The molecule has 124 valence electrons. The number of carbonyl (C=O) groups is 1. The molecule has 2 aromatic rings. The molecule has 1 fully saturated rings. The van der Waals surface area contributed by atoms with Gasteiger partial charge in [-0.3, -0.25) is 14.9 Å². The normalized spacial score (nSPS) is 17.5. The number of halogens is 1. The summed E-state index contributed by atoms with van der Waals surface area (Å²) in [5.41, 5.74) is -0.406. The molecule has 0 amide bonds. The van der Waals surface area contributed by atoms with Crippen molar-refractivity contribution < 1.29 is 18.8 Å². The Labute approximate surface area is 137 Å². The number of ketones is 1. The molecule has 0 aromatic heterocycles. The quantitative estimate of drug-likeness (QED) is 0.529. The van der Waals surface area contributed by atoms with Gasteiger partial charge >= 0.3 is 5.69 Å². The molecule has 1 atom stereocenters. The van der Waals surface area contributed by atoms with Crippen molar-refractivity contribution in [1.82, 2.24) is 5.32 Å². The number of ether oxygens (including phenoxy) is 1. The van der Waals surface area contributed by atoms with Crippen LogP contribution >= 0.6 is 0 Å². The Morgan fingerprint density at radius 2 is 2.04 bits per heavy atom. The highest BCUT2D eigenvalue weighted by molar-refractivity contribution is 6.11. The van der Waals surface area contributed by atoms with Crippen molar-refractivity contribution in [2.45, 2.75) is 6.10 Å². The molecule has 1 N–H and O–H groups in total. The lowest BCUT2D eigenvalue weighted by Crippen LogP contribution is -2.33. The Kier molecular flexibility index (Phi) is 4.64. The first kappa shape index (κ1) is 16.2. The summed E-state index contributed by atoms with van der Waals surface area (Å²) < 4.78 is 19.9. The molecule has 1 heterocycles. The second-order valence-corrected chi connectivity index (χ2v) is 5.41. The van der Waals surface area contributed by atoms with Crippen molar-refractivity contribution >= 4 is 11.5 Å². The molecule has 2 aromatic carbocycles. The summed E-state index contributed by atoms with van der Waals surface area (Å²) in [5, 5.41) is 14.3. The van der Waals surface area contributed by atoms with Gasteiger partial charge < -0.3 is 10.1 Å². The molecular formula is C17H15FN2O4. The summed E-state index contributed by atoms with van der Waals surface area (Å²) in [5.74, 6) is -1.63. The van der Waals surface area contributed by atoms with Crippen molar-refractivity contribution in [3.63, 3.8) is 0 Å². The van der Waals surface area contributed by atoms with Crippen molar-refractivity contribution in [3.05, 3.63) is 75.1 Å². The number of nitro benzene ring substituents is 1. The molecule has 1 aliphatic heterocycles. The average Bonchev–Trinajstić information content (AvgIpc) is 2.61. The SMILES string of the molecule is O=C(c1ccccc1)c1cc(C2CNCCO2)cc(F)c1[N+](=O)[O-]. The maximum atomic E-state index is 14.3. The van der Waals surface area contributed by atoms with Crippen molar-refractivity contribution in [1.29, 1.82) is 0 Å². The molecule has 0 bridgehead atoms. The predicted molar refractivity (Wildman–Crippen MR) is 84.5 cm³/mol. The third kappa shape index (κ3) is 3.17. The number of nitrogens with one attached hydrogen (secondary N) is 1. The molecule has 0 aliphatic carbocycles. The molecule has 0 spiro atoms. The van der Waals surface area contributed by atoms with Gasteiger partial charge in [0.25, 0.3) is 0 Å². The monoisotopic (exact) mass is 330 g/mol. The van der Waals surface area contributed by atoms with E-state index >= 15 is 0 Å². The number of hydrogen-bond donors (Lipinski definition) is 1. The largest absolute Gasteiger partial charge is 0.371 e. The molecule has 1 saturated heterocycles. The van der Waals surface area contributed by atoms with Gasteiger partial charge in [0.15, 0.2) is 5.78 Å². The minimum Gasteiger partial charge on any atom is -0.371 e. The van der Waals surface area contributed by atoms with Gasteiger partial charge in [0.2, 0.25) is 5.82 Å². The molecule has 0 radical (unpaired) electrons. The molecule has 24 heavy (non-hydrogen) atoms. The minimum absolute atomic E-state index is 0.264. The van der Waals surface area contributed by atoms with E-state index in [1.54, 1.807) is 18.2 Å². The Bertz CT molecular complexity index is 774. The van der Waals surface area contributed by atoms with Gasteiger partial charge in [0, 0.05) is 18.7 Å². The van der Waals surface area contributed by atoms with Gasteiger partial charge in [-0.15, -0.1) is 0 Å². The topological polar surface area (TPSA) is 81.5 Å². The van der Waals surface area contributed by atoms with Gasteiger partial charge in [-0.05, 0) is 17.7 Å². The smallest absolute Gasteiger partial charge is 0.315 e. The second kappa shape index (κ2) is 6.86. The fraction of sp³-hybridized carbons (Fsp3) is 0.235. The highest BCUT2D eigenvalue weighted by atomic mass is 19.1. The second-order valence-electron chi connectivity index (χ2n) is 5.41. The van der Waals surface area contributed by atoms with Gasteiger partial charge in [-0.25, -0.2) is 0 Å². The first-order valence-corrected chi connectivity index (χ1v) is 7.48. The third-order valence-corrected chi connectivity index (χ3v) is 3.85. The van der Waals surface area contributed by atoms with Crippen LogP contribution in [-0.2, 0) is 4.74 Å². The summed E-state index contributed by atoms with van der Waals surface area (Å²) in [6.45, 7) is 1.59. The first-order chi connectivity index (χ1) is 11.6. The lowest BCUT2D eigenvalue weighted by molar-refractivity contribution is -0.387. The van der Waals surface area contributed by atoms with Crippen LogP contribution in [0.3, 0.4) is 0 Å². The number of nitrogens with zero attached hydrogens (tertiary/aromatic N) is 1. The van der Waals surface area contributed by atoms with E-state index in [0.717, 1.165) is 6.07 Å². The lowest BCUT2D eigenvalue weighted by Gasteiger charge is -2.24. The first-order valence-electron chi connectivity index (χ1n) is 7.48. The zero-order chi connectivity index (χ0) is 17.1. The van der Waals surface area contributed by atoms with E-state index in [9.17, 15) is 19.3 Å². The molecule has 3 rings (SSSR count). The molecule has 7 heteroatoms. The number of nitro groups is 1.